The number of carbonyl (C=O) groups is 1. The summed E-state index contributed by atoms with van der Waals surface area (Å²) in [7, 11) is 0. The van der Waals surface area contributed by atoms with Crippen molar-refractivity contribution in [2.75, 3.05) is 0 Å². The van der Waals surface area contributed by atoms with Crippen molar-refractivity contribution >= 4 is 5.91 Å². The second kappa shape index (κ2) is 6.76. The number of rotatable bonds is 4. The molecule has 0 unspecified atom stereocenters. The molecule has 0 atom stereocenters. The van der Waals surface area contributed by atoms with Crippen molar-refractivity contribution < 1.29 is 18.0 Å². The van der Waals surface area contributed by atoms with E-state index in [0.717, 1.165) is 0 Å². The van der Waals surface area contributed by atoms with Crippen LogP contribution in [0.25, 0.3) is 11.3 Å². The molecule has 0 bridgehead atoms. The molecule has 0 spiro atoms. The molecule has 0 fully saturated rings. The van der Waals surface area contributed by atoms with Crippen LogP contribution in [-0.2, 0) is 12.7 Å². The molecule has 0 radical (unpaired) electrons. The Bertz CT molecular complexity index is 861. The summed E-state index contributed by atoms with van der Waals surface area (Å²) in [6.45, 7) is 0.0915. The minimum atomic E-state index is -4.68. The Morgan fingerprint density at radius 1 is 1.08 bits per heavy atom. The fraction of sp³-hybridized carbons (Fsp3) is 0.118. The van der Waals surface area contributed by atoms with E-state index in [2.05, 4.69) is 20.3 Å². The number of aromatic amines is 1. The zero-order valence-corrected chi connectivity index (χ0v) is 12.8. The summed E-state index contributed by atoms with van der Waals surface area (Å²) in [5, 5.41) is 2.55. The Hall–Kier alpha value is -3.16. The van der Waals surface area contributed by atoms with Crippen molar-refractivity contribution in [2.45, 2.75) is 12.7 Å². The van der Waals surface area contributed by atoms with Gasteiger partial charge in [-0.1, -0.05) is 36.4 Å². The molecule has 0 saturated carbocycles. The van der Waals surface area contributed by atoms with Gasteiger partial charge >= 0.3 is 6.18 Å². The van der Waals surface area contributed by atoms with Gasteiger partial charge < -0.3 is 10.3 Å². The van der Waals surface area contributed by atoms with Gasteiger partial charge in [-0.25, -0.2) is 4.98 Å². The quantitative estimate of drug-likeness (QED) is 0.760. The summed E-state index contributed by atoms with van der Waals surface area (Å²) in [4.78, 5) is 22.1. The predicted octanol–water partition coefficient (Wildman–Crippen LogP) is 3.42. The summed E-state index contributed by atoms with van der Waals surface area (Å²) >= 11 is 0. The maximum atomic E-state index is 13.0. The Morgan fingerprint density at radius 2 is 1.80 bits per heavy atom. The van der Waals surface area contributed by atoms with E-state index >= 15 is 0 Å². The molecule has 0 aliphatic carbocycles. The van der Waals surface area contributed by atoms with Crippen LogP contribution in [0.15, 0.2) is 54.7 Å². The molecule has 128 valence electrons. The number of amides is 1. The van der Waals surface area contributed by atoms with E-state index in [1.165, 1.54) is 0 Å². The summed E-state index contributed by atoms with van der Waals surface area (Å²) in [5.74, 6) is -1.90. The molecule has 2 aromatic heterocycles. The van der Waals surface area contributed by atoms with Crippen molar-refractivity contribution in [1.29, 1.82) is 0 Å². The number of pyridine rings is 1. The van der Waals surface area contributed by atoms with E-state index in [1.807, 2.05) is 0 Å². The zero-order valence-electron chi connectivity index (χ0n) is 12.8. The maximum absolute atomic E-state index is 13.0. The molecule has 2 N–H and O–H groups in total. The number of halogens is 3. The van der Waals surface area contributed by atoms with E-state index < -0.39 is 17.9 Å². The molecule has 8 heteroatoms. The summed E-state index contributed by atoms with van der Waals surface area (Å²) in [5.41, 5.74) is 0.714. The van der Waals surface area contributed by atoms with Crippen LogP contribution in [0.5, 0.6) is 0 Å². The topological polar surface area (TPSA) is 70.7 Å². The lowest BCUT2D eigenvalue weighted by molar-refractivity contribution is -0.144. The lowest BCUT2D eigenvalue weighted by Crippen LogP contribution is -2.24. The lowest BCUT2D eigenvalue weighted by atomic mass is 10.1. The molecule has 1 amide bonds. The van der Waals surface area contributed by atoms with Crippen molar-refractivity contribution in [2.24, 2.45) is 0 Å². The number of nitrogens with one attached hydrogen (secondary N) is 2. The molecular weight excluding hydrogens is 333 g/mol. The molecule has 0 aliphatic heterocycles. The minimum Gasteiger partial charge on any atom is -0.345 e. The highest BCUT2D eigenvalue weighted by molar-refractivity contribution is 5.98. The van der Waals surface area contributed by atoms with E-state index in [4.69, 9.17) is 0 Å². The largest absolute Gasteiger partial charge is 0.449 e. The number of hydrogen-bond donors (Lipinski definition) is 2. The van der Waals surface area contributed by atoms with Gasteiger partial charge in [0.15, 0.2) is 0 Å². The van der Waals surface area contributed by atoms with Crippen LogP contribution >= 0.6 is 0 Å². The van der Waals surface area contributed by atoms with Gasteiger partial charge in [-0.3, -0.25) is 9.78 Å². The zero-order chi connectivity index (χ0) is 17.9. The van der Waals surface area contributed by atoms with Gasteiger partial charge in [-0.15, -0.1) is 0 Å². The monoisotopic (exact) mass is 346 g/mol. The number of nitrogens with zero attached hydrogens (tertiary/aromatic N) is 2. The number of imidazole rings is 1. The number of benzene rings is 1. The lowest BCUT2D eigenvalue weighted by Gasteiger charge is -2.05. The van der Waals surface area contributed by atoms with Gasteiger partial charge in [0, 0.05) is 11.8 Å². The van der Waals surface area contributed by atoms with Gasteiger partial charge in [-0.2, -0.15) is 13.2 Å². The first-order chi connectivity index (χ1) is 11.9. The molecule has 0 saturated heterocycles. The Balaban J connectivity index is 1.91. The molecule has 25 heavy (non-hydrogen) atoms. The Kier molecular flexibility index (Phi) is 4.51. The first kappa shape index (κ1) is 16.7. The molecular formula is C17H13F3N4O. The molecule has 5 nitrogen and oxygen atoms in total. The number of aromatic nitrogens is 3. The average molecular weight is 346 g/mol. The van der Waals surface area contributed by atoms with Crippen LogP contribution in [0.1, 0.15) is 22.0 Å². The van der Waals surface area contributed by atoms with E-state index in [1.54, 1.807) is 54.7 Å². The fourth-order valence-electron chi connectivity index (χ4n) is 2.24. The van der Waals surface area contributed by atoms with Gasteiger partial charge in [0.05, 0.1) is 12.2 Å². The number of hydrogen-bond acceptors (Lipinski definition) is 3. The number of alkyl halides is 3. The van der Waals surface area contributed by atoms with Crippen LogP contribution in [0.2, 0.25) is 0 Å². The number of carbonyl (C=O) groups excluding carboxylic acids is 1. The third-order valence-corrected chi connectivity index (χ3v) is 3.40. The Morgan fingerprint density at radius 3 is 2.44 bits per heavy atom. The highest BCUT2D eigenvalue weighted by atomic mass is 19.4. The SMILES string of the molecule is O=C(NCc1ccccn1)c1[nH]c(C(F)(F)F)nc1-c1ccccc1. The smallest absolute Gasteiger partial charge is 0.345 e. The maximum Gasteiger partial charge on any atom is 0.449 e. The van der Waals surface area contributed by atoms with Crippen molar-refractivity contribution in [1.82, 2.24) is 20.3 Å². The van der Waals surface area contributed by atoms with E-state index in [-0.39, 0.29) is 17.9 Å². The third-order valence-electron chi connectivity index (χ3n) is 3.40. The van der Waals surface area contributed by atoms with E-state index in [0.29, 0.717) is 11.3 Å². The molecule has 1 aromatic carbocycles. The van der Waals surface area contributed by atoms with Crippen molar-refractivity contribution in [3.05, 3.63) is 71.9 Å². The molecule has 3 aromatic rings. The van der Waals surface area contributed by atoms with Crippen LogP contribution in [0.3, 0.4) is 0 Å². The van der Waals surface area contributed by atoms with Gasteiger partial charge in [0.2, 0.25) is 5.82 Å². The molecule has 2 heterocycles. The van der Waals surface area contributed by atoms with Crippen LogP contribution < -0.4 is 5.32 Å². The average Bonchev–Trinajstić information content (AvgIpc) is 3.07. The minimum absolute atomic E-state index is 0.0496. The third kappa shape index (κ3) is 3.85. The molecule has 0 aliphatic rings. The standard InChI is InChI=1S/C17H13F3N4O/c18-17(19,20)16-23-13(11-6-2-1-3-7-11)14(24-16)15(25)22-10-12-8-4-5-9-21-12/h1-9H,10H2,(H,22,25)(H,23,24). The fourth-order valence-corrected chi connectivity index (χ4v) is 2.24. The summed E-state index contributed by atoms with van der Waals surface area (Å²) in [6.07, 6.45) is -3.11. The summed E-state index contributed by atoms with van der Waals surface area (Å²) in [6, 6.07) is 13.4. The first-order valence-corrected chi connectivity index (χ1v) is 7.36. The van der Waals surface area contributed by atoms with Crippen LogP contribution in [0, 0.1) is 0 Å². The van der Waals surface area contributed by atoms with Crippen LogP contribution in [0.4, 0.5) is 13.2 Å². The second-order valence-electron chi connectivity index (χ2n) is 5.18. The second-order valence-corrected chi connectivity index (χ2v) is 5.18. The predicted molar refractivity (Wildman–Crippen MR) is 84.4 cm³/mol. The highest BCUT2D eigenvalue weighted by Crippen LogP contribution is 2.31. The Labute approximate surface area is 140 Å². The van der Waals surface area contributed by atoms with Gasteiger partial charge in [-0.05, 0) is 12.1 Å². The first-order valence-electron chi connectivity index (χ1n) is 7.36. The van der Waals surface area contributed by atoms with Crippen LogP contribution in [-0.4, -0.2) is 20.9 Å². The number of H-pyrrole nitrogens is 1. The molecule has 3 rings (SSSR count). The van der Waals surface area contributed by atoms with E-state index in [9.17, 15) is 18.0 Å². The van der Waals surface area contributed by atoms with Gasteiger partial charge in [0.25, 0.3) is 5.91 Å². The summed E-state index contributed by atoms with van der Waals surface area (Å²) < 4.78 is 38.9. The van der Waals surface area contributed by atoms with Crippen molar-refractivity contribution in [3.8, 4) is 11.3 Å². The van der Waals surface area contributed by atoms with Gasteiger partial charge in [0.1, 0.15) is 11.4 Å². The van der Waals surface area contributed by atoms with Crippen molar-refractivity contribution in [3.63, 3.8) is 0 Å². The highest BCUT2D eigenvalue weighted by Gasteiger charge is 2.37. The normalized spacial score (nSPS) is 11.3.